The van der Waals surface area contributed by atoms with Gasteiger partial charge in [-0.15, -0.1) is 0 Å². The standard InChI is InChI=1S/C13H20N2O2/c1-9(2)4-3-7-15-12-8-10(13(16)17)5-6-11(12)14/h5-6,8-9,15H,3-4,7,14H2,1-2H3,(H,16,17). The van der Waals surface area contributed by atoms with Gasteiger partial charge in [-0.2, -0.15) is 0 Å². The van der Waals surface area contributed by atoms with Crippen molar-refractivity contribution in [2.75, 3.05) is 17.6 Å². The van der Waals surface area contributed by atoms with E-state index in [2.05, 4.69) is 19.2 Å². The number of nitrogens with one attached hydrogen (secondary N) is 1. The third kappa shape index (κ3) is 4.34. The zero-order valence-electron chi connectivity index (χ0n) is 10.4. The number of hydrogen-bond donors (Lipinski definition) is 3. The van der Waals surface area contributed by atoms with Gasteiger partial charge in [-0.3, -0.25) is 0 Å². The number of aromatic carboxylic acids is 1. The Labute approximate surface area is 102 Å². The predicted molar refractivity (Wildman–Crippen MR) is 70.4 cm³/mol. The Balaban J connectivity index is 2.57. The summed E-state index contributed by atoms with van der Waals surface area (Å²) in [6, 6.07) is 4.71. The molecule has 1 aromatic rings. The molecule has 0 aliphatic heterocycles. The Hall–Kier alpha value is -1.71. The highest BCUT2D eigenvalue weighted by molar-refractivity contribution is 5.90. The summed E-state index contributed by atoms with van der Waals surface area (Å²) in [7, 11) is 0. The van der Waals surface area contributed by atoms with Crippen LogP contribution >= 0.6 is 0 Å². The van der Waals surface area contributed by atoms with E-state index in [4.69, 9.17) is 10.8 Å². The van der Waals surface area contributed by atoms with Crippen molar-refractivity contribution in [3.05, 3.63) is 23.8 Å². The molecule has 0 unspecified atom stereocenters. The third-order valence-electron chi connectivity index (χ3n) is 2.57. The van der Waals surface area contributed by atoms with Gasteiger partial charge in [0.2, 0.25) is 0 Å². The number of benzene rings is 1. The summed E-state index contributed by atoms with van der Waals surface area (Å²) in [4.78, 5) is 10.8. The molecule has 0 radical (unpaired) electrons. The van der Waals surface area contributed by atoms with Crippen molar-refractivity contribution >= 4 is 17.3 Å². The fourth-order valence-corrected chi connectivity index (χ4v) is 1.58. The van der Waals surface area contributed by atoms with E-state index in [9.17, 15) is 4.79 Å². The topological polar surface area (TPSA) is 75.3 Å². The van der Waals surface area contributed by atoms with Gasteiger partial charge < -0.3 is 16.2 Å². The molecule has 0 aliphatic carbocycles. The molecule has 0 atom stereocenters. The van der Waals surface area contributed by atoms with Crippen LogP contribution in [0.5, 0.6) is 0 Å². The van der Waals surface area contributed by atoms with E-state index in [1.165, 1.54) is 6.07 Å². The molecule has 0 saturated carbocycles. The molecule has 0 saturated heterocycles. The van der Waals surface area contributed by atoms with Crippen molar-refractivity contribution in [1.29, 1.82) is 0 Å². The summed E-state index contributed by atoms with van der Waals surface area (Å²) in [5.74, 6) is -0.255. The second-order valence-electron chi connectivity index (χ2n) is 4.57. The first kappa shape index (κ1) is 13.4. The van der Waals surface area contributed by atoms with Gasteiger partial charge in [0.05, 0.1) is 16.9 Å². The van der Waals surface area contributed by atoms with Crippen LogP contribution in [0.4, 0.5) is 11.4 Å². The number of nitrogen functional groups attached to an aromatic ring is 1. The van der Waals surface area contributed by atoms with E-state index in [1.807, 2.05) is 0 Å². The van der Waals surface area contributed by atoms with E-state index in [-0.39, 0.29) is 5.56 Å². The molecule has 1 rings (SSSR count). The predicted octanol–water partition coefficient (Wildman–Crippen LogP) is 2.82. The van der Waals surface area contributed by atoms with Crippen molar-refractivity contribution < 1.29 is 9.90 Å². The Kier molecular flexibility index (Phi) is 4.82. The summed E-state index contributed by atoms with van der Waals surface area (Å²) in [5.41, 5.74) is 7.32. The van der Waals surface area contributed by atoms with Gasteiger partial charge in [-0.05, 0) is 37.0 Å². The van der Waals surface area contributed by atoms with Crippen molar-refractivity contribution in [2.45, 2.75) is 26.7 Å². The number of rotatable bonds is 6. The minimum Gasteiger partial charge on any atom is -0.478 e. The second kappa shape index (κ2) is 6.13. The summed E-state index contributed by atoms with van der Waals surface area (Å²) in [5, 5.41) is 12.1. The van der Waals surface area contributed by atoms with Crippen LogP contribution in [0.15, 0.2) is 18.2 Å². The minimum atomic E-state index is -0.935. The van der Waals surface area contributed by atoms with Crippen molar-refractivity contribution in [2.24, 2.45) is 5.92 Å². The van der Waals surface area contributed by atoms with E-state index in [0.717, 1.165) is 19.4 Å². The fraction of sp³-hybridized carbons (Fsp3) is 0.462. The summed E-state index contributed by atoms with van der Waals surface area (Å²) < 4.78 is 0. The number of hydrogen-bond acceptors (Lipinski definition) is 3. The van der Waals surface area contributed by atoms with Crippen LogP contribution in [0.25, 0.3) is 0 Å². The number of carboxylic acids is 1. The normalized spacial score (nSPS) is 10.5. The maximum Gasteiger partial charge on any atom is 0.335 e. The lowest BCUT2D eigenvalue weighted by Gasteiger charge is -2.10. The first-order valence-corrected chi connectivity index (χ1v) is 5.87. The average molecular weight is 236 g/mol. The van der Waals surface area contributed by atoms with E-state index in [0.29, 0.717) is 17.3 Å². The monoisotopic (exact) mass is 236 g/mol. The Morgan fingerprint density at radius 2 is 2.18 bits per heavy atom. The van der Waals surface area contributed by atoms with Crippen LogP contribution in [0, 0.1) is 5.92 Å². The van der Waals surface area contributed by atoms with Gasteiger partial charge in [0.25, 0.3) is 0 Å². The molecule has 94 valence electrons. The van der Waals surface area contributed by atoms with Crippen molar-refractivity contribution in [1.82, 2.24) is 0 Å². The largest absolute Gasteiger partial charge is 0.478 e. The number of carbonyl (C=O) groups is 1. The van der Waals surface area contributed by atoms with Gasteiger partial charge in [0.15, 0.2) is 0 Å². The van der Waals surface area contributed by atoms with Gasteiger partial charge >= 0.3 is 5.97 Å². The average Bonchev–Trinajstić information content (AvgIpc) is 2.25. The maximum atomic E-state index is 10.8. The van der Waals surface area contributed by atoms with Crippen molar-refractivity contribution in [3.8, 4) is 0 Å². The second-order valence-corrected chi connectivity index (χ2v) is 4.57. The lowest BCUT2D eigenvalue weighted by Crippen LogP contribution is -2.07. The Morgan fingerprint density at radius 3 is 2.76 bits per heavy atom. The Bertz CT molecular complexity index is 389. The maximum absolute atomic E-state index is 10.8. The minimum absolute atomic E-state index is 0.255. The molecule has 17 heavy (non-hydrogen) atoms. The molecule has 0 heterocycles. The molecule has 0 amide bonds. The third-order valence-corrected chi connectivity index (χ3v) is 2.57. The van der Waals surface area contributed by atoms with E-state index >= 15 is 0 Å². The lowest BCUT2D eigenvalue weighted by atomic mass is 10.1. The van der Waals surface area contributed by atoms with Crippen LogP contribution in [0.2, 0.25) is 0 Å². The molecule has 4 heteroatoms. The molecular weight excluding hydrogens is 216 g/mol. The molecule has 0 bridgehead atoms. The van der Waals surface area contributed by atoms with Crippen LogP contribution in [-0.4, -0.2) is 17.6 Å². The first-order chi connectivity index (χ1) is 8.00. The number of nitrogens with two attached hydrogens (primary N) is 1. The van der Waals surface area contributed by atoms with Crippen LogP contribution < -0.4 is 11.1 Å². The smallest absolute Gasteiger partial charge is 0.335 e. The van der Waals surface area contributed by atoms with Crippen molar-refractivity contribution in [3.63, 3.8) is 0 Å². The number of carboxylic acid groups (broad SMARTS) is 1. The zero-order chi connectivity index (χ0) is 12.8. The first-order valence-electron chi connectivity index (χ1n) is 5.87. The van der Waals surface area contributed by atoms with Gasteiger partial charge in [0, 0.05) is 6.54 Å². The number of anilines is 2. The highest BCUT2D eigenvalue weighted by Crippen LogP contribution is 2.20. The molecule has 4 N–H and O–H groups in total. The highest BCUT2D eigenvalue weighted by Gasteiger charge is 2.06. The molecule has 0 aliphatic rings. The zero-order valence-corrected chi connectivity index (χ0v) is 10.4. The van der Waals surface area contributed by atoms with Crippen LogP contribution in [0.3, 0.4) is 0 Å². The summed E-state index contributed by atoms with van der Waals surface area (Å²) in [6.45, 7) is 5.17. The molecule has 4 nitrogen and oxygen atoms in total. The highest BCUT2D eigenvalue weighted by atomic mass is 16.4. The summed E-state index contributed by atoms with van der Waals surface area (Å²) in [6.07, 6.45) is 2.19. The molecular formula is C13H20N2O2. The molecule has 1 aromatic carbocycles. The molecule has 0 fully saturated rings. The van der Waals surface area contributed by atoms with Crippen LogP contribution in [0.1, 0.15) is 37.0 Å². The van der Waals surface area contributed by atoms with Gasteiger partial charge in [-0.1, -0.05) is 13.8 Å². The van der Waals surface area contributed by atoms with Gasteiger partial charge in [0.1, 0.15) is 0 Å². The quantitative estimate of drug-likeness (QED) is 0.524. The fourth-order valence-electron chi connectivity index (χ4n) is 1.58. The Morgan fingerprint density at radius 1 is 1.47 bits per heavy atom. The van der Waals surface area contributed by atoms with Gasteiger partial charge in [-0.25, -0.2) is 4.79 Å². The van der Waals surface area contributed by atoms with E-state index in [1.54, 1.807) is 12.1 Å². The van der Waals surface area contributed by atoms with E-state index < -0.39 is 5.97 Å². The van der Waals surface area contributed by atoms with Crippen LogP contribution in [-0.2, 0) is 0 Å². The molecule has 0 aromatic heterocycles. The summed E-state index contributed by atoms with van der Waals surface area (Å²) >= 11 is 0. The molecule has 0 spiro atoms. The SMILES string of the molecule is CC(C)CCCNc1cc(C(=O)O)ccc1N. The lowest BCUT2D eigenvalue weighted by molar-refractivity contribution is 0.0697.